The highest BCUT2D eigenvalue weighted by atomic mass is 14.9. The summed E-state index contributed by atoms with van der Waals surface area (Å²) in [5.41, 5.74) is 2.76. The first kappa shape index (κ1) is 12.3. The molecule has 15 heavy (non-hydrogen) atoms. The van der Waals surface area contributed by atoms with Crippen LogP contribution < -0.4 is 5.32 Å². The normalized spacial score (nSPS) is 13.1. The van der Waals surface area contributed by atoms with Crippen molar-refractivity contribution < 1.29 is 0 Å². The second-order valence-electron chi connectivity index (χ2n) is 4.73. The third-order valence-electron chi connectivity index (χ3n) is 2.83. The molecule has 0 aliphatic rings. The van der Waals surface area contributed by atoms with Crippen LogP contribution in [0.2, 0.25) is 0 Å². The zero-order valence-corrected chi connectivity index (χ0v) is 10.4. The summed E-state index contributed by atoms with van der Waals surface area (Å²) in [4.78, 5) is 0. The third-order valence-corrected chi connectivity index (χ3v) is 2.83. The van der Waals surface area contributed by atoms with E-state index in [9.17, 15) is 0 Å². The second kappa shape index (κ2) is 5.92. The molecule has 0 radical (unpaired) electrons. The summed E-state index contributed by atoms with van der Waals surface area (Å²) in [5, 5.41) is 3.40. The molecule has 0 heterocycles. The molecular formula is C14H23N. The fraction of sp³-hybridized carbons (Fsp3) is 0.571. The molecule has 0 fully saturated rings. The van der Waals surface area contributed by atoms with Gasteiger partial charge in [-0.15, -0.1) is 0 Å². The Bertz CT molecular complexity index is 291. The van der Waals surface area contributed by atoms with Gasteiger partial charge in [0.1, 0.15) is 0 Å². The van der Waals surface area contributed by atoms with Crippen molar-refractivity contribution in [1.82, 2.24) is 5.32 Å². The zero-order chi connectivity index (χ0) is 11.3. The summed E-state index contributed by atoms with van der Waals surface area (Å²) in [7, 11) is 2.05. The molecule has 0 spiro atoms. The van der Waals surface area contributed by atoms with Gasteiger partial charge >= 0.3 is 0 Å². The van der Waals surface area contributed by atoms with Crippen molar-refractivity contribution in [2.24, 2.45) is 5.92 Å². The third kappa shape index (κ3) is 4.05. The minimum absolute atomic E-state index is 0.507. The first-order valence-corrected chi connectivity index (χ1v) is 5.87. The van der Waals surface area contributed by atoms with E-state index < -0.39 is 0 Å². The Balaban J connectivity index is 2.65. The molecule has 1 heteroatoms. The van der Waals surface area contributed by atoms with Crippen LogP contribution in [0.15, 0.2) is 24.3 Å². The van der Waals surface area contributed by atoms with Crippen molar-refractivity contribution in [2.45, 2.75) is 39.7 Å². The molecular weight excluding hydrogens is 182 g/mol. The average Bonchev–Trinajstić information content (AvgIpc) is 2.18. The van der Waals surface area contributed by atoms with Gasteiger partial charge in [-0.05, 0) is 38.3 Å². The van der Waals surface area contributed by atoms with E-state index in [2.05, 4.69) is 50.4 Å². The number of aryl methyl sites for hydroxylation is 1. The summed E-state index contributed by atoms with van der Waals surface area (Å²) in [6.07, 6.45) is 2.50. The minimum atomic E-state index is 0.507. The van der Waals surface area contributed by atoms with Crippen LogP contribution in [0.4, 0.5) is 0 Å². The van der Waals surface area contributed by atoms with E-state index in [1.165, 1.54) is 24.0 Å². The predicted octanol–water partition coefficient (Wildman–Crippen LogP) is 3.69. The quantitative estimate of drug-likeness (QED) is 0.773. The van der Waals surface area contributed by atoms with E-state index in [1.807, 2.05) is 7.05 Å². The lowest BCUT2D eigenvalue weighted by molar-refractivity contribution is 0.465. The summed E-state index contributed by atoms with van der Waals surface area (Å²) in [6, 6.07) is 9.30. The summed E-state index contributed by atoms with van der Waals surface area (Å²) in [6.45, 7) is 6.71. The van der Waals surface area contributed by atoms with E-state index in [4.69, 9.17) is 0 Å². The highest BCUT2D eigenvalue weighted by Gasteiger charge is 2.09. The lowest BCUT2D eigenvalue weighted by Crippen LogP contribution is -2.17. The van der Waals surface area contributed by atoms with Crippen molar-refractivity contribution in [1.29, 1.82) is 0 Å². The first-order valence-electron chi connectivity index (χ1n) is 5.87. The maximum absolute atomic E-state index is 3.40. The maximum Gasteiger partial charge on any atom is 0.0317 e. The van der Waals surface area contributed by atoms with Gasteiger partial charge < -0.3 is 5.32 Å². The van der Waals surface area contributed by atoms with Crippen molar-refractivity contribution >= 4 is 0 Å². The van der Waals surface area contributed by atoms with Crippen molar-refractivity contribution in [2.75, 3.05) is 7.05 Å². The molecule has 0 amide bonds. The molecule has 1 rings (SSSR count). The van der Waals surface area contributed by atoms with Gasteiger partial charge in [0.2, 0.25) is 0 Å². The SMILES string of the molecule is CNC(CCC(C)C)c1cccc(C)c1. The topological polar surface area (TPSA) is 12.0 Å². The van der Waals surface area contributed by atoms with E-state index >= 15 is 0 Å². The first-order chi connectivity index (χ1) is 7.13. The van der Waals surface area contributed by atoms with Gasteiger partial charge in [-0.2, -0.15) is 0 Å². The van der Waals surface area contributed by atoms with Crippen LogP contribution in [0.25, 0.3) is 0 Å². The molecule has 0 aromatic heterocycles. The fourth-order valence-electron chi connectivity index (χ4n) is 1.86. The largest absolute Gasteiger partial charge is 0.313 e. The van der Waals surface area contributed by atoms with Crippen LogP contribution >= 0.6 is 0 Å². The van der Waals surface area contributed by atoms with Crippen LogP contribution in [0.5, 0.6) is 0 Å². The van der Waals surface area contributed by atoms with Crippen LogP contribution in [-0.4, -0.2) is 7.05 Å². The summed E-state index contributed by atoms with van der Waals surface area (Å²) < 4.78 is 0. The van der Waals surface area contributed by atoms with E-state index in [0.717, 1.165) is 5.92 Å². The Hall–Kier alpha value is -0.820. The van der Waals surface area contributed by atoms with Crippen molar-refractivity contribution in [3.63, 3.8) is 0 Å². The number of hydrogen-bond acceptors (Lipinski definition) is 1. The molecule has 0 saturated carbocycles. The number of hydrogen-bond donors (Lipinski definition) is 1. The molecule has 0 aliphatic heterocycles. The number of nitrogens with one attached hydrogen (secondary N) is 1. The van der Waals surface area contributed by atoms with E-state index in [1.54, 1.807) is 0 Å². The molecule has 1 atom stereocenters. The second-order valence-corrected chi connectivity index (χ2v) is 4.73. The van der Waals surface area contributed by atoms with Gasteiger partial charge in [0.05, 0.1) is 0 Å². The molecule has 1 unspecified atom stereocenters. The maximum atomic E-state index is 3.40. The Morgan fingerprint density at radius 3 is 2.47 bits per heavy atom. The van der Waals surface area contributed by atoms with Gasteiger partial charge in [-0.1, -0.05) is 43.7 Å². The monoisotopic (exact) mass is 205 g/mol. The molecule has 1 aromatic carbocycles. The van der Waals surface area contributed by atoms with Gasteiger partial charge in [-0.25, -0.2) is 0 Å². The average molecular weight is 205 g/mol. The van der Waals surface area contributed by atoms with Crippen LogP contribution in [-0.2, 0) is 0 Å². The molecule has 1 aromatic rings. The van der Waals surface area contributed by atoms with Crippen LogP contribution in [0, 0.1) is 12.8 Å². The highest BCUT2D eigenvalue weighted by Crippen LogP contribution is 2.21. The van der Waals surface area contributed by atoms with E-state index in [-0.39, 0.29) is 0 Å². The molecule has 1 nitrogen and oxygen atoms in total. The molecule has 84 valence electrons. The lowest BCUT2D eigenvalue weighted by atomic mass is 9.97. The predicted molar refractivity (Wildman–Crippen MR) is 67.1 cm³/mol. The van der Waals surface area contributed by atoms with Gasteiger partial charge in [0, 0.05) is 6.04 Å². The van der Waals surface area contributed by atoms with Gasteiger partial charge in [-0.3, -0.25) is 0 Å². The Labute approximate surface area is 93.9 Å². The Morgan fingerprint density at radius 2 is 1.93 bits per heavy atom. The number of rotatable bonds is 5. The molecule has 0 bridgehead atoms. The number of benzene rings is 1. The summed E-state index contributed by atoms with van der Waals surface area (Å²) >= 11 is 0. The van der Waals surface area contributed by atoms with Gasteiger partial charge in [0.25, 0.3) is 0 Å². The van der Waals surface area contributed by atoms with Crippen LogP contribution in [0.3, 0.4) is 0 Å². The highest BCUT2D eigenvalue weighted by molar-refractivity contribution is 5.24. The smallest absolute Gasteiger partial charge is 0.0317 e. The Kier molecular flexibility index (Phi) is 4.83. The molecule has 1 N–H and O–H groups in total. The fourth-order valence-corrected chi connectivity index (χ4v) is 1.86. The van der Waals surface area contributed by atoms with Crippen LogP contribution in [0.1, 0.15) is 43.9 Å². The molecule has 0 aliphatic carbocycles. The minimum Gasteiger partial charge on any atom is -0.313 e. The Morgan fingerprint density at radius 1 is 1.20 bits per heavy atom. The van der Waals surface area contributed by atoms with Crippen molar-refractivity contribution in [3.05, 3.63) is 35.4 Å². The molecule has 0 saturated heterocycles. The van der Waals surface area contributed by atoms with Gasteiger partial charge in [0.15, 0.2) is 0 Å². The van der Waals surface area contributed by atoms with E-state index in [0.29, 0.717) is 6.04 Å². The van der Waals surface area contributed by atoms with Crippen molar-refractivity contribution in [3.8, 4) is 0 Å². The zero-order valence-electron chi connectivity index (χ0n) is 10.4. The lowest BCUT2D eigenvalue weighted by Gasteiger charge is -2.18. The summed E-state index contributed by atoms with van der Waals surface area (Å²) in [5.74, 6) is 0.783. The standard InChI is InChI=1S/C14H23N/c1-11(2)8-9-14(15-4)13-7-5-6-12(3)10-13/h5-7,10-11,14-15H,8-9H2,1-4H3.